The Morgan fingerprint density at radius 3 is 2.36 bits per heavy atom. The van der Waals surface area contributed by atoms with E-state index < -0.39 is 20.7 Å². The van der Waals surface area contributed by atoms with Crippen LogP contribution in [0.2, 0.25) is 0 Å². The quantitative estimate of drug-likeness (QED) is 0.742. The van der Waals surface area contributed by atoms with Crippen molar-refractivity contribution >= 4 is 25.8 Å². The molecule has 0 bridgehead atoms. The van der Waals surface area contributed by atoms with Crippen LogP contribution >= 0.6 is 10.7 Å². The van der Waals surface area contributed by atoms with Crippen molar-refractivity contribution in [2.24, 2.45) is 0 Å². The fraction of sp³-hybridized carbons (Fsp3) is 0. The highest BCUT2D eigenvalue weighted by molar-refractivity contribution is 8.16. The van der Waals surface area contributed by atoms with Gasteiger partial charge in [0.2, 0.25) is 0 Å². The summed E-state index contributed by atoms with van der Waals surface area (Å²) in [6.07, 6.45) is 1.07. The molecule has 0 aliphatic carbocycles. The fourth-order valence-corrected chi connectivity index (χ4v) is 1.25. The van der Waals surface area contributed by atoms with E-state index in [1.54, 1.807) is 0 Å². The van der Waals surface area contributed by atoms with E-state index in [9.17, 15) is 17.2 Å². The van der Waals surface area contributed by atoms with Crippen molar-refractivity contribution in [1.82, 2.24) is 0 Å². The third-order valence-corrected chi connectivity index (χ3v) is 2.14. The van der Waals surface area contributed by atoms with Gasteiger partial charge in [-0.25, -0.2) is 17.2 Å². The average molecular weight is 239 g/mol. The van der Waals surface area contributed by atoms with Gasteiger partial charge in [0.15, 0.2) is 11.6 Å². The van der Waals surface area contributed by atoms with Gasteiger partial charge in [0.05, 0.1) is 0 Å². The normalized spacial score (nSPS) is 12.2. The van der Waals surface area contributed by atoms with E-state index in [2.05, 4.69) is 0 Å². The molecule has 0 unspecified atom stereocenters. The van der Waals surface area contributed by atoms with E-state index in [4.69, 9.17) is 10.7 Å². The molecule has 1 rings (SSSR count). The number of hydrogen-bond acceptors (Lipinski definition) is 2. The zero-order valence-electron chi connectivity index (χ0n) is 6.75. The molecule has 0 fully saturated rings. The van der Waals surface area contributed by atoms with E-state index >= 15 is 0 Å². The first kappa shape index (κ1) is 11.1. The van der Waals surface area contributed by atoms with Crippen molar-refractivity contribution in [2.75, 3.05) is 0 Å². The second kappa shape index (κ2) is 4.06. The lowest BCUT2D eigenvalue weighted by atomic mass is 10.2. The van der Waals surface area contributed by atoms with Crippen LogP contribution < -0.4 is 0 Å². The maximum atomic E-state index is 12.6. The lowest BCUT2D eigenvalue weighted by Gasteiger charge is -1.94. The van der Waals surface area contributed by atoms with E-state index in [-0.39, 0.29) is 5.56 Å². The molecule has 0 spiro atoms. The summed E-state index contributed by atoms with van der Waals surface area (Å²) in [5, 5.41) is 0.696. The molecule has 1 aromatic carbocycles. The molecule has 0 aliphatic heterocycles. The van der Waals surface area contributed by atoms with Crippen LogP contribution in [0.5, 0.6) is 0 Å². The molecule has 0 saturated heterocycles. The van der Waals surface area contributed by atoms with E-state index in [0.29, 0.717) is 5.41 Å². The van der Waals surface area contributed by atoms with Crippen molar-refractivity contribution in [3.8, 4) is 0 Å². The summed E-state index contributed by atoms with van der Waals surface area (Å²) in [6, 6.07) is 3.00. The van der Waals surface area contributed by atoms with Crippen LogP contribution in [0, 0.1) is 11.6 Å². The summed E-state index contributed by atoms with van der Waals surface area (Å²) in [4.78, 5) is 0. The highest BCUT2D eigenvalue weighted by Gasteiger charge is 2.01. The highest BCUT2D eigenvalue weighted by Crippen LogP contribution is 2.11. The average Bonchev–Trinajstić information content (AvgIpc) is 2.06. The second-order valence-electron chi connectivity index (χ2n) is 2.45. The van der Waals surface area contributed by atoms with Gasteiger partial charge in [-0.3, -0.25) is 0 Å². The lowest BCUT2D eigenvalue weighted by Crippen LogP contribution is -1.85. The molecule has 0 radical (unpaired) electrons. The minimum Gasteiger partial charge on any atom is -0.208 e. The fourth-order valence-electron chi connectivity index (χ4n) is 0.776. The Labute approximate surface area is 84.2 Å². The zero-order chi connectivity index (χ0) is 10.8. The molecule has 14 heavy (non-hydrogen) atoms. The topological polar surface area (TPSA) is 34.1 Å². The molecule has 0 saturated carbocycles. The van der Waals surface area contributed by atoms with Crippen LogP contribution in [0.1, 0.15) is 5.56 Å². The predicted octanol–water partition coefficient (Wildman–Crippen LogP) is 2.50. The first-order valence-electron chi connectivity index (χ1n) is 3.46. The van der Waals surface area contributed by atoms with E-state index in [0.717, 1.165) is 18.2 Å². The molecule has 0 amide bonds. The number of benzene rings is 1. The van der Waals surface area contributed by atoms with Gasteiger partial charge >= 0.3 is 0 Å². The monoisotopic (exact) mass is 238 g/mol. The Kier molecular flexibility index (Phi) is 3.23. The maximum absolute atomic E-state index is 12.6. The molecule has 6 heteroatoms. The smallest absolute Gasteiger partial charge is 0.208 e. The van der Waals surface area contributed by atoms with Crippen LogP contribution in [0.15, 0.2) is 23.6 Å². The molecule has 76 valence electrons. The minimum absolute atomic E-state index is 0.216. The summed E-state index contributed by atoms with van der Waals surface area (Å²) in [6.45, 7) is 0. The summed E-state index contributed by atoms with van der Waals surface area (Å²) < 4.78 is 46.0. The van der Waals surface area contributed by atoms with Gasteiger partial charge < -0.3 is 0 Å². The third-order valence-electron chi connectivity index (χ3n) is 1.37. The Morgan fingerprint density at radius 2 is 1.86 bits per heavy atom. The summed E-state index contributed by atoms with van der Waals surface area (Å²) in [5.41, 5.74) is 0.216. The van der Waals surface area contributed by atoms with Crippen LogP contribution in [0.3, 0.4) is 0 Å². The van der Waals surface area contributed by atoms with E-state index in [1.807, 2.05) is 0 Å². The Morgan fingerprint density at radius 1 is 1.21 bits per heavy atom. The maximum Gasteiger partial charge on any atom is 0.254 e. The van der Waals surface area contributed by atoms with Gasteiger partial charge in [0.1, 0.15) is 0 Å². The van der Waals surface area contributed by atoms with Crippen LogP contribution in [0.4, 0.5) is 8.78 Å². The molecule has 0 N–H and O–H groups in total. The van der Waals surface area contributed by atoms with Gasteiger partial charge in [-0.05, 0) is 23.8 Å². The molecule has 1 aromatic rings. The Bertz CT molecular complexity index is 468. The molecular weight excluding hydrogens is 234 g/mol. The second-order valence-corrected chi connectivity index (χ2v) is 4.97. The van der Waals surface area contributed by atoms with Crippen molar-refractivity contribution in [3.63, 3.8) is 0 Å². The predicted molar refractivity (Wildman–Crippen MR) is 50.2 cm³/mol. The number of halogens is 3. The lowest BCUT2D eigenvalue weighted by molar-refractivity contribution is 0.508. The first-order chi connectivity index (χ1) is 6.38. The minimum atomic E-state index is -3.77. The number of rotatable bonds is 2. The van der Waals surface area contributed by atoms with Gasteiger partial charge in [-0.2, -0.15) is 0 Å². The van der Waals surface area contributed by atoms with Gasteiger partial charge in [0.25, 0.3) is 9.05 Å². The highest BCUT2D eigenvalue weighted by atomic mass is 35.7. The summed E-state index contributed by atoms with van der Waals surface area (Å²) >= 11 is 0. The van der Waals surface area contributed by atoms with Crippen molar-refractivity contribution in [2.45, 2.75) is 0 Å². The zero-order valence-corrected chi connectivity index (χ0v) is 8.32. The molecule has 0 heterocycles. The standard InChI is InChI=1S/C8H5ClF2O2S/c9-14(12,13)4-3-6-1-2-7(10)8(11)5-6/h1-5H. The molecule has 0 atom stereocenters. The molecule has 0 aliphatic rings. The third kappa shape index (κ3) is 3.43. The first-order valence-corrected chi connectivity index (χ1v) is 5.83. The summed E-state index contributed by atoms with van der Waals surface area (Å²) in [7, 11) is 1.10. The number of hydrogen-bond donors (Lipinski definition) is 0. The Balaban J connectivity index is 3.00. The van der Waals surface area contributed by atoms with Crippen molar-refractivity contribution in [1.29, 1.82) is 0 Å². The van der Waals surface area contributed by atoms with Crippen LogP contribution in [-0.4, -0.2) is 8.42 Å². The van der Waals surface area contributed by atoms with Crippen LogP contribution in [0.25, 0.3) is 6.08 Å². The summed E-state index contributed by atoms with van der Waals surface area (Å²) in [5.74, 6) is -2.03. The molecule has 2 nitrogen and oxygen atoms in total. The molecule has 0 aromatic heterocycles. The SMILES string of the molecule is O=S(=O)(Cl)C=Cc1ccc(F)c(F)c1. The van der Waals surface area contributed by atoms with Crippen molar-refractivity contribution < 1.29 is 17.2 Å². The van der Waals surface area contributed by atoms with Gasteiger partial charge in [-0.15, -0.1) is 0 Å². The van der Waals surface area contributed by atoms with Crippen molar-refractivity contribution in [3.05, 3.63) is 40.8 Å². The van der Waals surface area contributed by atoms with Crippen LogP contribution in [-0.2, 0) is 9.05 Å². The Hall–Kier alpha value is -0.940. The largest absolute Gasteiger partial charge is 0.254 e. The molecular formula is C8H5ClF2O2S. The van der Waals surface area contributed by atoms with Gasteiger partial charge in [-0.1, -0.05) is 6.07 Å². The van der Waals surface area contributed by atoms with E-state index in [1.165, 1.54) is 6.07 Å². The van der Waals surface area contributed by atoms with Gasteiger partial charge in [0, 0.05) is 16.1 Å².